The Bertz CT molecular complexity index is 565. The molecule has 0 saturated heterocycles. The summed E-state index contributed by atoms with van der Waals surface area (Å²) in [5.41, 5.74) is 0.896. The minimum absolute atomic E-state index is 0.419. The topological polar surface area (TPSA) is 47.0 Å². The zero-order valence-corrected chi connectivity index (χ0v) is 12.3. The van der Waals surface area contributed by atoms with Gasteiger partial charge >= 0.3 is 0 Å². The van der Waals surface area contributed by atoms with Gasteiger partial charge in [0.05, 0.1) is 6.61 Å². The van der Waals surface area contributed by atoms with E-state index in [2.05, 4.69) is 15.3 Å². The van der Waals surface area contributed by atoms with E-state index in [9.17, 15) is 0 Å². The van der Waals surface area contributed by atoms with Crippen LogP contribution in [0.4, 0.5) is 11.5 Å². The van der Waals surface area contributed by atoms with Gasteiger partial charge in [-0.3, -0.25) is 0 Å². The van der Waals surface area contributed by atoms with Crippen molar-refractivity contribution in [2.45, 2.75) is 12.1 Å². The fourth-order valence-corrected chi connectivity index (χ4v) is 2.14. The van der Waals surface area contributed by atoms with Gasteiger partial charge in [-0.2, -0.15) is 0 Å². The molecule has 6 heteroatoms. The molecule has 0 spiro atoms. The van der Waals surface area contributed by atoms with Gasteiger partial charge in [-0.05, 0) is 25.3 Å². The van der Waals surface area contributed by atoms with Gasteiger partial charge in [0.2, 0.25) is 0 Å². The van der Waals surface area contributed by atoms with Gasteiger partial charge in [-0.1, -0.05) is 29.4 Å². The van der Waals surface area contributed by atoms with Crippen LogP contribution in [-0.4, -0.2) is 22.8 Å². The number of aromatic nitrogens is 2. The van der Waals surface area contributed by atoms with Gasteiger partial charge in [0.1, 0.15) is 16.7 Å². The summed E-state index contributed by atoms with van der Waals surface area (Å²) in [6, 6.07) is 9.38. The highest BCUT2D eigenvalue weighted by atomic mass is 35.5. The normalized spacial score (nSPS) is 10.3. The number of halogens is 1. The largest absolute Gasteiger partial charge is 0.494 e. The lowest BCUT2D eigenvalue weighted by Crippen LogP contribution is -1.97. The van der Waals surface area contributed by atoms with Crippen LogP contribution in [0.1, 0.15) is 6.92 Å². The van der Waals surface area contributed by atoms with Crippen molar-refractivity contribution < 1.29 is 4.74 Å². The first kappa shape index (κ1) is 14.0. The van der Waals surface area contributed by atoms with Crippen molar-refractivity contribution >= 4 is 34.9 Å². The van der Waals surface area contributed by atoms with E-state index in [0.29, 0.717) is 22.7 Å². The van der Waals surface area contributed by atoms with E-state index in [-0.39, 0.29) is 0 Å². The summed E-state index contributed by atoms with van der Waals surface area (Å²) in [5.74, 6) is 1.48. The Morgan fingerprint density at radius 2 is 2.16 bits per heavy atom. The highest BCUT2D eigenvalue weighted by molar-refractivity contribution is 7.98. The van der Waals surface area contributed by atoms with E-state index in [1.165, 1.54) is 11.8 Å². The van der Waals surface area contributed by atoms with Gasteiger partial charge in [0.25, 0.3) is 0 Å². The zero-order valence-electron chi connectivity index (χ0n) is 10.7. The molecule has 1 aromatic carbocycles. The van der Waals surface area contributed by atoms with Crippen molar-refractivity contribution in [1.29, 1.82) is 0 Å². The summed E-state index contributed by atoms with van der Waals surface area (Å²) in [7, 11) is 0. The number of thioether (sulfide) groups is 1. The van der Waals surface area contributed by atoms with Gasteiger partial charge in [0, 0.05) is 17.8 Å². The smallest absolute Gasteiger partial charge is 0.190 e. The molecule has 1 aromatic heterocycles. The van der Waals surface area contributed by atoms with Crippen LogP contribution in [0, 0.1) is 0 Å². The first-order valence-corrected chi connectivity index (χ1v) is 7.40. The van der Waals surface area contributed by atoms with Crippen LogP contribution in [0.15, 0.2) is 35.5 Å². The van der Waals surface area contributed by atoms with Crippen LogP contribution in [0.2, 0.25) is 5.15 Å². The Kier molecular flexibility index (Phi) is 4.87. The molecular formula is C13H14ClN3OS. The molecule has 0 aliphatic heterocycles. The van der Waals surface area contributed by atoms with E-state index < -0.39 is 0 Å². The first-order valence-electron chi connectivity index (χ1n) is 5.79. The molecule has 0 radical (unpaired) electrons. The Morgan fingerprint density at radius 1 is 1.32 bits per heavy atom. The summed E-state index contributed by atoms with van der Waals surface area (Å²) in [6.07, 6.45) is 1.91. The van der Waals surface area contributed by atoms with Crippen LogP contribution in [0.3, 0.4) is 0 Å². The number of rotatable bonds is 5. The third-order valence-corrected chi connectivity index (χ3v) is 3.02. The lowest BCUT2D eigenvalue weighted by molar-refractivity contribution is 0.340. The summed E-state index contributed by atoms with van der Waals surface area (Å²) in [4.78, 5) is 8.43. The Labute approximate surface area is 121 Å². The predicted molar refractivity (Wildman–Crippen MR) is 79.7 cm³/mol. The maximum Gasteiger partial charge on any atom is 0.190 e. The summed E-state index contributed by atoms with van der Waals surface area (Å²) >= 11 is 7.39. The molecular weight excluding hydrogens is 282 g/mol. The Balaban J connectivity index is 2.20. The number of anilines is 2. The Hall–Kier alpha value is -1.46. The fourth-order valence-electron chi connectivity index (χ4n) is 1.53. The summed E-state index contributed by atoms with van der Waals surface area (Å²) < 4.78 is 5.45. The second kappa shape index (κ2) is 6.63. The van der Waals surface area contributed by atoms with Crippen molar-refractivity contribution in [3.63, 3.8) is 0 Å². The molecule has 100 valence electrons. The molecule has 0 aliphatic rings. The van der Waals surface area contributed by atoms with Gasteiger partial charge in [0.15, 0.2) is 5.16 Å². The molecule has 0 amide bonds. The van der Waals surface area contributed by atoms with Gasteiger partial charge in [-0.25, -0.2) is 9.97 Å². The van der Waals surface area contributed by atoms with Crippen LogP contribution < -0.4 is 10.1 Å². The molecule has 0 bridgehead atoms. The van der Waals surface area contributed by atoms with Crippen LogP contribution in [0.25, 0.3) is 0 Å². The second-order valence-electron chi connectivity index (χ2n) is 3.65. The SMILES string of the molecule is CCOc1cccc(Nc2cc(Cl)nc(SC)n2)c1. The van der Waals surface area contributed by atoms with E-state index in [4.69, 9.17) is 16.3 Å². The van der Waals surface area contributed by atoms with Crippen molar-refractivity contribution in [3.8, 4) is 5.75 Å². The van der Waals surface area contributed by atoms with Crippen molar-refractivity contribution in [2.75, 3.05) is 18.2 Å². The number of hydrogen-bond acceptors (Lipinski definition) is 5. The number of hydrogen-bond donors (Lipinski definition) is 1. The lowest BCUT2D eigenvalue weighted by Gasteiger charge is -2.09. The van der Waals surface area contributed by atoms with Gasteiger partial charge < -0.3 is 10.1 Å². The molecule has 4 nitrogen and oxygen atoms in total. The highest BCUT2D eigenvalue weighted by Gasteiger charge is 2.03. The third kappa shape index (κ3) is 4.01. The third-order valence-electron chi connectivity index (χ3n) is 2.27. The maximum atomic E-state index is 5.95. The molecule has 0 fully saturated rings. The molecule has 19 heavy (non-hydrogen) atoms. The number of nitrogens with zero attached hydrogens (tertiary/aromatic N) is 2. The molecule has 2 aromatic rings. The van der Waals surface area contributed by atoms with Crippen molar-refractivity contribution in [3.05, 3.63) is 35.5 Å². The minimum atomic E-state index is 0.419. The highest BCUT2D eigenvalue weighted by Crippen LogP contribution is 2.23. The molecule has 1 N–H and O–H groups in total. The second-order valence-corrected chi connectivity index (χ2v) is 4.81. The number of ether oxygens (including phenoxy) is 1. The fraction of sp³-hybridized carbons (Fsp3) is 0.231. The average Bonchev–Trinajstić information content (AvgIpc) is 2.39. The molecule has 0 saturated carbocycles. The predicted octanol–water partition coefficient (Wildman–Crippen LogP) is 3.99. The molecule has 0 unspecified atom stereocenters. The molecule has 0 aliphatic carbocycles. The standard InChI is InChI=1S/C13H14ClN3OS/c1-3-18-10-6-4-5-9(7-10)15-12-8-11(14)16-13(17-12)19-2/h4-8H,3H2,1-2H3,(H,15,16,17). The molecule has 0 atom stereocenters. The maximum absolute atomic E-state index is 5.95. The molecule has 2 rings (SSSR count). The van der Waals surface area contributed by atoms with Crippen molar-refractivity contribution in [1.82, 2.24) is 9.97 Å². The van der Waals surface area contributed by atoms with E-state index in [1.54, 1.807) is 6.07 Å². The number of nitrogens with one attached hydrogen (secondary N) is 1. The molecule has 1 heterocycles. The quantitative estimate of drug-likeness (QED) is 0.513. The minimum Gasteiger partial charge on any atom is -0.494 e. The van der Waals surface area contributed by atoms with Gasteiger partial charge in [-0.15, -0.1) is 0 Å². The zero-order chi connectivity index (χ0) is 13.7. The lowest BCUT2D eigenvalue weighted by atomic mass is 10.3. The van der Waals surface area contributed by atoms with Crippen LogP contribution in [-0.2, 0) is 0 Å². The first-order chi connectivity index (χ1) is 9.21. The average molecular weight is 296 g/mol. The summed E-state index contributed by atoms with van der Waals surface area (Å²) in [5, 5.41) is 4.24. The summed E-state index contributed by atoms with van der Waals surface area (Å²) in [6.45, 7) is 2.59. The van der Waals surface area contributed by atoms with E-state index in [1.807, 2.05) is 37.4 Å². The van der Waals surface area contributed by atoms with E-state index in [0.717, 1.165) is 11.4 Å². The number of benzene rings is 1. The van der Waals surface area contributed by atoms with Crippen LogP contribution >= 0.6 is 23.4 Å². The van der Waals surface area contributed by atoms with Crippen molar-refractivity contribution in [2.24, 2.45) is 0 Å². The van der Waals surface area contributed by atoms with E-state index >= 15 is 0 Å². The Morgan fingerprint density at radius 3 is 2.89 bits per heavy atom. The monoisotopic (exact) mass is 295 g/mol. The van der Waals surface area contributed by atoms with Crippen LogP contribution in [0.5, 0.6) is 5.75 Å².